The third kappa shape index (κ3) is 1.93. The highest BCUT2D eigenvalue weighted by Crippen LogP contribution is 2.23. The number of halogens is 1. The maximum Gasteiger partial charge on any atom is 0.231 e. The fourth-order valence-electron chi connectivity index (χ4n) is 2.05. The number of benzene rings is 2. The summed E-state index contributed by atoms with van der Waals surface area (Å²) in [5, 5.41) is 0.832. The second-order valence-corrected chi connectivity index (χ2v) is 4.41. The molecule has 0 saturated carbocycles. The van der Waals surface area contributed by atoms with E-state index in [1.54, 1.807) is 31.2 Å². The van der Waals surface area contributed by atoms with Crippen LogP contribution in [0.2, 0.25) is 0 Å². The molecule has 0 amide bonds. The number of carbonyl (C=O) groups is 1. The van der Waals surface area contributed by atoms with Gasteiger partial charge in [0.2, 0.25) is 5.78 Å². The molecule has 0 atom stereocenters. The van der Waals surface area contributed by atoms with E-state index in [2.05, 4.69) is 0 Å². The Balaban J connectivity index is 2.11. The van der Waals surface area contributed by atoms with Gasteiger partial charge in [-0.05, 0) is 30.7 Å². The van der Waals surface area contributed by atoms with Crippen LogP contribution in [-0.4, -0.2) is 5.78 Å². The molecule has 0 spiro atoms. The first kappa shape index (κ1) is 11.7. The number of rotatable bonds is 2. The predicted molar refractivity (Wildman–Crippen MR) is 70.8 cm³/mol. The minimum absolute atomic E-state index is 0.0408. The summed E-state index contributed by atoms with van der Waals surface area (Å²) in [5.74, 6) is -0.768. The lowest BCUT2D eigenvalue weighted by atomic mass is 10.1. The van der Waals surface area contributed by atoms with E-state index in [9.17, 15) is 9.18 Å². The van der Waals surface area contributed by atoms with Gasteiger partial charge in [0, 0.05) is 5.39 Å². The van der Waals surface area contributed by atoms with Gasteiger partial charge in [-0.3, -0.25) is 4.79 Å². The molecule has 0 unspecified atom stereocenters. The Kier molecular flexibility index (Phi) is 2.67. The quantitative estimate of drug-likeness (QED) is 0.644. The van der Waals surface area contributed by atoms with Crippen LogP contribution in [0, 0.1) is 12.7 Å². The summed E-state index contributed by atoms with van der Waals surface area (Å²) in [4.78, 5) is 12.3. The van der Waals surface area contributed by atoms with Crippen LogP contribution in [0.1, 0.15) is 21.7 Å². The van der Waals surface area contributed by atoms with Crippen LogP contribution in [0.25, 0.3) is 11.0 Å². The molecule has 0 saturated heterocycles. The molecular weight excluding hydrogens is 243 g/mol. The first-order valence-electron chi connectivity index (χ1n) is 5.95. The van der Waals surface area contributed by atoms with Crippen molar-refractivity contribution in [1.29, 1.82) is 0 Å². The number of carbonyl (C=O) groups excluding carboxylic acids is 1. The summed E-state index contributed by atoms with van der Waals surface area (Å²) in [6.07, 6.45) is 0. The van der Waals surface area contributed by atoms with Crippen molar-refractivity contribution in [3.05, 3.63) is 71.2 Å². The number of furan rings is 1. The third-order valence-corrected chi connectivity index (χ3v) is 3.09. The summed E-state index contributed by atoms with van der Waals surface area (Å²) in [6.45, 7) is 1.63. The van der Waals surface area contributed by atoms with Crippen molar-refractivity contribution in [1.82, 2.24) is 0 Å². The van der Waals surface area contributed by atoms with Crippen molar-refractivity contribution >= 4 is 16.8 Å². The second kappa shape index (κ2) is 4.35. The van der Waals surface area contributed by atoms with Crippen molar-refractivity contribution in [2.45, 2.75) is 6.92 Å². The zero-order chi connectivity index (χ0) is 13.4. The van der Waals surface area contributed by atoms with Crippen LogP contribution < -0.4 is 0 Å². The Morgan fingerprint density at radius 3 is 2.68 bits per heavy atom. The molecule has 94 valence electrons. The average Bonchev–Trinajstić information content (AvgIpc) is 2.85. The Bertz CT molecular complexity index is 738. The molecule has 3 rings (SSSR count). The van der Waals surface area contributed by atoms with E-state index in [0.29, 0.717) is 11.1 Å². The number of ketones is 1. The fraction of sp³-hybridized carbons (Fsp3) is 0.0625. The molecule has 0 bridgehead atoms. The Morgan fingerprint density at radius 2 is 1.89 bits per heavy atom. The van der Waals surface area contributed by atoms with Crippen molar-refractivity contribution < 1.29 is 13.6 Å². The highest BCUT2D eigenvalue weighted by atomic mass is 19.1. The topological polar surface area (TPSA) is 30.2 Å². The van der Waals surface area contributed by atoms with E-state index in [0.717, 1.165) is 5.39 Å². The molecule has 1 heterocycles. The Labute approximate surface area is 109 Å². The normalized spacial score (nSPS) is 10.8. The molecule has 3 aromatic rings. The lowest BCUT2D eigenvalue weighted by Gasteiger charge is -2.02. The number of fused-ring (bicyclic) bond motifs is 1. The summed E-state index contributed by atoms with van der Waals surface area (Å²) in [6, 6.07) is 13.7. The first-order chi connectivity index (χ1) is 9.16. The van der Waals surface area contributed by atoms with Gasteiger partial charge in [0.05, 0.1) is 5.56 Å². The van der Waals surface area contributed by atoms with Gasteiger partial charge in [0.1, 0.15) is 11.4 Å². The number of hydrogen-bond donors (Lipinski definition) is 0. The molecule has 0 radical (unpaired) electrons. The van der Waals surface area contributed by atoms with Crippen LogP contribution in [0.4, 0.5) is 4.39 Å². The summed E-state index contributed by atoms with van der Waals surface area (Å²) >= 11 is 0. The highest BCUT2D eigenvalue weighted by Gasteiger charge is 2.18. The zero-order valence-corrected chi connectivity index (χ0v) is 10.3. The molecule has 3 heteroatoms. The smallest absolute Gasteiger partial charge is 0.231 e. The number of hydrogen-bond acceptors (Lipinski definition) is 2. The number of aryl methyl sites for hydroxylation is 1. The summed E-state index contributed by atoms with van der Waals surface area (Å²) in [7, 11) is 0. The predicted octanol–water partition coefficient (Wildman–Crippen LogP) is 4.11. The third-order valence-electron chi connectivity index (χ3n) is 3.09. The van der Waals surface area contributed by atoms with E-state index in [4.69, 9.17) is 4.42 Å². The zero-order valence-electron chi connectivity index (χ0n) is 10.3. The van der Waals surface area contributed by atoms with Gasteiger partial charge in [-0.1, -0.05) is 30.3 Å². The van der Waals surface area contributed by atoms with Crippen molar-refractivity contribution in [3.63, 3.8) is 0 Å². The fourth-order valence-corrected chi connectivity index (χ4v) is 2.05. The maximum absolute atomic E-state index is 13.9. The van der Waals surface area contributed by atoms with Gasteiger partial charge in [0.25, 0.3) is 0 Å². The monoisotopic (exact) mass is 254 g/mol. The van der Waals surface area contributed by atoms with E-state index < -0.39 is 11.6 Å². The van der Waals surface area contributed by atoms with Crippen molar-refractivity contribution in [2.75, 3.05) is 0 Å². The standard InChI is InChI=1S/C16H11FO2/c1-10-5-4-7-12(15(10)17)16(18)14-9-11-6-2-3-8-13(11)19-14/h2-9H,1H3. The SMILES string of the molecule is Cc1cccc(C(=O)c2cc3ccccc3o2)c1F. The molecule has 2 aromatic carbocycles. The molecule has 0 N–H and O–H groups in total. The minimum atomic E-state index is -0.493. The Morgan fingerprint density at radius 1 is 1.11 bits per heavy atom. The molecule has 2 nitrogen and oxygen atoms in total. The summed E-state index contributed by atoms with van der Waals surface area (Å²) in [5.41, 5.74) is 1.11. The van der Waals surface area contributed by atoms with Gasteiger partial charge in [-0.15, -0.1) is 0 Å². The van der Waals surface area contributed by atoms with Crippen LogP contribution in [0.15, 0.2) is 52.9 Å². The second-order valence-electron chi connectivity index (χ2n) is 4.41. The van der Waals surface area contributed by atoms with Gasteiger partial charge in [0.15, 0.2) is 5.76 Å². The van der Waals surface area contributed by atoms with E-state index in [1.165, 1.54) is 6.07 Å². The molecule has 0 aliphatic heterocycles. The summed E-state index contributed by atoms with van der Waals surface area (Å²) < 4.78 is 19.4. The average molecular weight is 254 g/mol. The van der Waals surface area contributed by atoms with Gasteiger partial charge in [-0.2, -0.15) is 0 Å². The highest BCUT2D eigenvalue weighted by molar-refractivity contribution is 6.09. The van der Waals surface area contributed by atoms with Crippen LogP contribution >= 0.6 is 0 Å². The largest absolute Gasteiger partial charge is 0.453 e. The molecule has 0 fully saturated rings. The molecule has 19 heavy (non-hydrogen) atoms. The van der Waals surface area contributed by atoms with Crippen LogP contribution in [0.3, 0.4) is 0 Å². The lowest BCUT2D eigenvalue weighted by Crippen LogP contribution is -2.04. The lowest BCUT2D eigenvalue weighted by molar-refractivity contribution is 0.101. The van der Waals surface area contributed by atoms with Crippen molar-refractivity contribution in [2.24, 2.45) is 0 Å². The molecule has 0 aliphatic carbocycles. The minimum Gasteiger partial charge on any atom is -0.453 e. The van der Waals surface area contributed by atoms with Gasteiger partial charge >= 0.3 is 0 Å². The first-order valence-corrected chi connectivity index (χ1v) is 5.95. The Hall–Kier alpha value is -2.42. The number of para-hydroxylation sites is 1. The van der Waals surface area contributed by atoms with Gasteiger partial charge < -0.3 is 4.42 Å². The molecule has 0 aliphatic rings. The molecule has 1 aromatic heterocycles. The van der Waals surface area contributed by atoms with Gasteiger partial charge in [-0.25, -0.2) is 4.39 Å². The van der Waals surface area contributed by atoms with Crippen molar-refractivity contribution in [3.8, 4) is 0 Å². The molecular formula is C16H11FO2. The van der Waals surface area contributed by atoms with Crippen LogP contribution in [-0.2, 0) is 0 Å². The van der Waals surface area contributed by atoms with E-state index >= 15 is 0 Å². The van der Waals surface area contributed by atoms with E-state index in [-0.39, 0.29) is 11.3 Å². The van der Waals surface area contributed by atoms with E-state index in [1.807, 2.05) is 18.2 Å². The maximum atomic E-state index is 13.9. The van der Waals surface area contributed by atoms with Crippen LogP contribution in [0.5, 0.6) is 0 Å².